The summed E-state index contributed by atoms with van der Waals surface area (Å²) in [6.07, 6.45) is 1.70. The third-order valence-electron chi connectivity index (χ3n) is 4.61. The van der Waals surface area contributed by atoms with Crippen LogP contribution in [-0.4, -0.2) is 19.2 Å². The number of nitrogens with two attached hydrogens (primary N) is 1. The van der Waals surface area contributed by atoms with Crippen LogP contribution in [0, 0.1) is 0 Å². The summed E-state index contributed by atoms with van der Waals surface area (Å²) in [5.41, 5.74) is 9.08. The van der Waals surface area contributed by atoms with Gasteiger partial charge in [-0.25, -0.2) is 4.79 Å². The van der Waals surface area contributed by atoms with Crippen LogP contribution in [0.3, 0.4) is 0 Å². The zero-order valence-corrected chi connectivity index (χ0v) is 17.2. The standard InChI is InChI=1S/C25H27NO4/c1-2-19-9-12-22(13-10-19)28-15-6-16-29-24-17-21(11-14-23(24)26)25(27)30-18-20-7-4-3-5-8-20/h3-5,7-14,17H,2,6,15-16,18,26H2,1H3. The zero-order valence-electron chi connectivity index (χ0n) is 17.2. The monoisotopic (exact) mass is 405 g/mol. The van der Waals surface area contributed by atoms with Crippen LogP contribution in [-0.2, 0) is 17.8 Å². The molecule has 5 nitrogen and oxygen atoms in total. The first-order chi connectivity index (χ1) is 14.7. The molecule has 3 rings (SSSR count). The number of anilines is 1. The highest BCUT2D eigenvalue weighted by Gasteiger charge is 2.11. The Morgan fingerprint density at radius 2 is 1.60 bits per heavy atom. The summed E-state index contributed by atoms with van der Waals surface area (Å²) in [7, 11) is 0. The summed E-state index contributed by atoms with van der Waals surface area (Å²) in [5.74, 6) is 0.897. The highest BCUT2D eigenvalue weighted by Crippen LogP contribution is 2.24. The number of rotatable bonds is 10. The fraction of sp³-hybridized carbons (Fsp3) is 0.240. The normalized spacial score (nSPS) is 10.4. The van der Waals surface area contributed by atoms with Gasteiger partial charge >= 0.3 is 5.97 Å². The van der Waals surface area contributed by atoms with Gasteiger partial charge in [0.05, 0.1) is 24.5 Å². The number of nitrogen functional groups attached to an aromatic ring is 1. The van der Waals surface area contributed by atoms with E-state index in [1.54, 1.807) is 18.2 Å². The summed E-state index contributed by atoms with van der Waals surface area (Å²) < 4.78 is 16.8. The summed E-state index contributed by atoms with van der Waals surface area (Å²) in [5, 5.41) is 0. The third-order valence-corrected chi connectivity index (χ3v) is 4.61. The number of aryl methyl sites for hydroxylation is 1. The maximum absolute atomic E-state index is 12.3. The molecular formula is C25H27NO4. The Kier molecular flexibility index (Phi) is 7.72. The van der Waals surface area contributed by atoms with Gasteiger partial charge in [0.1, 0.15) is 18.1 Å². The van der Waals surface area contributed by atoms with Gasteiger partial charge in [0.25, 0.3) is 0 Å². The van der Waals surface area contributed by atoms with Crippen molar-refractivity contribution in [3.63, 3.8) is 0 Å². The van der Waals surface area contributed by atoms with Crippen molar-refractivity contribution in [2.75, 3.05) is 18.9 Å². The molecule has 0 aliphatic rings. The molecule has 0 radical (unpaired) electrons. The second-order valence-electron chi connectivity index (χ2n) is 6.86. The smallest absolute Gasteiger partial charge is 0.338 e. The first-order valence-corrected chi connectivity index (χ1v) is 10.1. The molecule has 0 heterocycles. The Bertz CT molecular complexity index is 939. The summed E-state index contributed by atoms with van der Waals surface area (Å²) >= 11 is 0. The van der Waals surface area contributed by atoms with Crippen molar-refractivity contribution >= 4 is 11.7 Å². The molecule has 3 aromatic carbocycles. The minimum atomic E-state index is -0.414. The van der Waals surface area contributed by atoms with Crippen LogP contribution in [0.5, 0.6) is 11.5 Å². The molecule has 0 spiro atoms. The van der Waals surface area contributed by atoms with Gasteiger partial charge in [-0.2, -0.15) is 0 Å². The van der Waals surface area contributed by atoms with Crippen molar-refractivity contribution in [2.24, 2.45) is 0 Å². The van der Waals surface area contributed by atoms with Gasteiger partial charge in [0.15, 0.2) is 0 Å². The molecule has 0 saturated carbocycles. The minimum Gasteiger partial charge on any atom is -0.493 e. The van der Waals surface area contributed by atoms with Gasteiger partial charge in [-0.3, -0.25) is 0 Å². The molecule has 0 atom stereocenters. The van der Waals surface area contributed by atoms with Gasteiger partial charge in [-0.1, -0.05) is 49.4 Å². The van der Waals surface area contributed by atoms with Gasteiger partial charge in [-0.15, -0.1) is 0 Å². The van der Waals surface area contributed by atoms with Crippen molar-refractivity contribution < 1.29 is 19.0 Å². The number of esters is 1. The SMILES string of the molecule is CCc1ccc(OCCCOc2cc(C(=O)OCc3ccccc3)ccc2N)cc1. The second kappa shape index (κ2) is 10.9. The molecule has 5 heteroatoms. The summed E-state index contributed by atoms with van der Waals surface area (Å²) in [4.78, 5) is 12.3. The number of benzene rings is 3. The number of carbonyl (C=O) groups is 1. The Morgan fingerprint density at radius 3 is 2.33 bits per heavy atom. The lowest BCUT2D eigenvalue weighted by atomic mass is 10.2. The zero-order chi connectivity index (χ0) is 21.2. The number of carbonyl (C=O) groups excluding carboxylic acids is 1. The Morgan fingerprint density at radius 1 is 0.867 bits per heavy atom. The van der Waals surface area contributed by atoms with E-state index in [1.165, 1.54) is 5.56 Å². The van der Waals surface area contributed by atoms with Gasteiger partial charge in [-0.05, 0) is 47.9 Å². The van der Waals surface area contributed by atoms with E-state index in [4.69, 9.17) is 19.9 Å². The second-order valence-corrected chi connectivity index (χ2v) is 6.86. The average molecular weight is 405 g/mol. The van der Waals surface area contributed by atoms with Crippen LogP contribution in [0.15, 0.2) is 72.8 Å². The molecule has 0 saturated heterocycles. The lowest BCUT2D eigenvalue weighted by Crippen LogP contribution is -2.09. The molecule has 0 aliphatic carbocycles. The van der Waals surface area contributed by atoms with E-state index in [0.717, 1.165) is 17.7 Å². The molecule has 30 heavy (non-hydrogen) atoms. The molecule has 0 fully saturated rings. The predicted octanol–water partition coefficient (Wildman–Crippen LogP) is 5.04. The fourth-order valence-electron chi connectivity index (χ4n) is 2.85. The van der Waals surface area contributed by atoms with Gasteiger partial charge in [0, 0.05) is 6.42 Å². The summed E-state index contributed by atoms with van der Waals surface area (Å²) in [6, 6.07) is 22.5. The molecule has 0 aromatic heterocycles. The van der Waals surface area contributed by atoms with Crippen molar-refractivity contribution in [3.05, 3.63) is 89.5 Å². The first-order valence-electron chi connectivity index (χ1n) is 10.1. The number of hydrogen-bond donors (Lipinski definition) is 1. The fourth-order valence-corrected chi connectivity index (χ4v) is 2.85. The molecular weight excluding hydrogens is 378 g/mol. The molecule has 0 bridgehead atoms. The Labute approximate surface area is 177 Å². The molecule has 0 amide bonds. The van der Waals surface area contributed by atoms with Crippen LogP contribution < -0.4 is 15.2 Å². The lowest BCUT2D eigenvalue weighted by Gasteiger charge is -2.12. The molecule has 2 N–H and O–H groups in total. The quantitative estimate of drug-likeness (QED) is 0.291. The van der Waals surface area contributed by atoms with E-state index in [2.05, 4.69) is 19.1 Å². The Hall–Kier alpha value is -3.47. The minimum absolute atomic E-state index is 0.219. The van der Waals surface area contributed by atoms with Crippen LogP contribution in [0.4, 0.5) is 5.69 Å². The van der Waals surface area contributed by atoms with E-state index in [9.17, 15) is 4.79 Å². The lowest BCUT2D eigenvalue weighted by molar-refractivity contribution is 0.0472. The average Bonchev–Trinajstić information content (AvgIpc) is 2.79. The van der Waals surface area contributed by atoms with Crippen molar-refractivity contribution in [2.45, 2.75) is 26.4 Å². The van der Waals surface area contributed by atoms with Crippen LogP contribution in [0.1, 0.15) is 34.8 Å². The molecule has 156 valence electrons. The maximum Gasteiger partial charge on any atom is 0.338 e. The third kappa shape index (κ3) is 6.27. The van der Waals surface area contributed by atoms with Gasteiger partial charge < -0.3 is 19.9 Å². The number of hydrogen-bond acceptors (Lipinski definition) is 5. The van der Waals surface area contributed by atoms with E-state index < -0.39 is 5.97 Å². The van der Waals surface area contributed by atoms with Crippen molar-refractivity contribution in [1.82, 2.24) is 0 Å². The van der Waals surface area contributed by atoms with Crippen LogP contribution in [0.2, 0.25) is 0 Å². The van der Waals surface area contributed by atoms with Gasteiger partial charge in [0.2, 0.25) is 0 Å². The highest BCUT2D eigenvalue weighted by atomic mass is 16.5. The maximum atomic E-state index is 12.3. The van der Waals surface area contributed by atoms with Crippen molar-refractivity contribution in [1.29, 1.82) is 0 Å². The topological polar surface area (TPSA) is 70.8 Å². The molecule has 0 aliphatic heterocycles. The van der Waals surface area contributed by atoms with E-state index in [1.807, 2.05) is 42.5 Å². The summed E-state index contributed by atoms with van der Waals surface area (Å²) in [6.45, 7) is 3.30. The van der Waals surface area contributed by atoms with E-state index in [0.29, 0.717) is 36.6 Å². The first kappa shape index (κ1) is 21.2. The molecule has 0 unspecified atom stereocenters. The predicted molar refractivity (Wildman–Crippen MR) is 118 cm³/mol. The largest absolute Gasteiger partial charge is 0.493 e. The van der Waals surface area contributed by atoms with Crippen LogP contribution in [0.25, 0.3) is 0 Å². The molecule has 3 aromatic rings. The van der Waals surface area contributed by atoms with E-state index >= 15 is 0 Å². The van der Waals surface area contributed by atoms with E-state index in [-0.39, 0.29) is 6.61 Å². The Balaban J connectivity index is 1.45. The van der Waals surface area contributed by atoms with Crippen LogP contribution >= 0.6 is 0 Å². The number of ether oxygens (including phenoxy) is 3. The highest BCUT2D eigenvalue weighted by molar-refractivity contribution is 5.90. The van der Waals surface area contributed by atoms with Crippen molar-refractivity contribution in [3.8, 4) is 11.5 Å².